The molecule has 0 bridgehead atoms. The molecule has 1 aromatic heterocycles. The van der Waals surface area contributed by atoms with Crippen LogP contribution in [0.15, 0.2) is 48.8 Å². The van der Waals surface area contributed by atoms with Crippen LogP contribution in [0.3, 0.4) is 0 Å². The van der Waals surface area contributed by atoms with Crippen molar-refractivity contribution in [1.82, 2.24) is 4.98 Å². The predicted molar refractivity (Wildman–Crippen MR) is 121 cm³/mol. The first-order chi connectivity index (χ1) is 13.5. The summed E-state index contributed by atoms with van der Waals surface area (Å²) in [4.78, 5) is 4.21. The lowest BCUT2D eigenvalue weighted by molar-refractivity contribution is 0.0500. The van der Waals surface area contributed by atoms with E-state index in [4.69, 9.17) is 9.16 Å². The Morgan fingerprint density at radius 3 is 2.28 bits per heavy atom. The molecule has 1 heterocycles. The van der Waals surface area contributed by atoms with Crippen molar-refractivity contribution in [1.29, 1.82) is 0 Å². The van der Waals surface area contributed by atoms with Crippen molar-refractivity contribution in [2.75, 3.05) is 0 Å². The van der Waals surface area contributed by atoms with Gasteiger partial charge >= 0.3 is 7.12 Å². The van der Waals surface area contributed by atoms with Crippen molar-refractivity contribution in [3.05, 3.63) is 54.4 Å². The van der Waals surface area contributed by atoms with Gasteiger partial charge in [0.15, 0.2) is 8.32 Å². The molecule has 0 fully saturated rings. The summed E-state index contributed by atoms with van der Waals surface area (Å²) < 4.78 is 12.9. The Labute approximate surface area is 176 Å². The molecule has 0 saturated carbocycles. The van der Waals surface area contributed by atoms with Gasteiger partial charge in [0.25, 0.3) is 0 Å². The maximum absolute atomic E-state index is 9.26. The zero-order valence-corrected chi connectivity index (χ0v) is 19.4. The third-order valence-electron chi connectivity index (χ3n) is 5.72. The Morgan fingerprint density at radius 2 is 1.76 bits per heavy atom. The van der Waals surface area contributed by atoms with Gasteiger partial charge in [0.1, 0.15) is 11.9 Å². The number of hydrogen-bond acceptors (Lipinski definition) is 5. The average Bonchev–Trinajstić information content (AvgIpc) is 2.65. The minimum atomic E-state index is -1.97. The molecule has 1 unspecified atom stereocenters. The maximum Gasteiger partial charge on any atom is 0.488 e. The molecule has 158 valence electrons. The number of aryl methyl sites for hydroxylation is 1. The molecule has 2 N–H and O–H groups in total. The predicted octanol–water partition coefficient (Wildman–Crippen LogP) is 3.55. The van der Waals surface area contributed by atoms with Crippen LogP contribution in [-0.2, 0) is 10.8 Å². The van der Waals surface area contributed by atoms with Crippen molar-refractivity contribution in [2.24, 2.45) is 0 Å². The summed E-state index contributed by atoms with van der Waals surface area (Å²) in [5.41, 5.74) is 1.63. The van der Waals surface area contributed by atoms with E-state index in [1.54, 1.807) is 30.5 Å². The smallest absolute Gasteiger partial charge is 0.488 e. The van der Waals surface area contributed by atoms with Gasteiger partial charge in [-0.15, -0.1) is 0 Å². The van der Waals surface area contributed by atoms with Crippen molar-refractivity contribution in [3.8, 4) is 5.75 Å². The van der Waals surface area contributed by atoms with Crippen LogP contribution in [0, 0.1) is 0 Å². The van der Waals surface area contributed by atoms with E-state index in [2.05, 4.69) is 44.9 Å². The zero-order valence-electron chi connectivity index (χ0n) is 18.4. The number of hydrogen-bond donors (Lipinski definition) is 2. The molecule has 7 heteroatoms. The van der Waals surface area contributed by atoms with E-state index < -0.39 is 15.4 Å². The van der Waals surface area contributed by atoms with Gasteiger partial charge in [-0.2, -0.15) is 0 Å². The van der Waals surface area contributed by atoms with Gasteiger partial charge < -0.3 is 19.2 Å². The minimum absolute atomic E-state index is 0.0563. The fourth-order valence-corrected chi connectivity index (χ4v) is 4.23. The van der Waals surface area contributed by atoms with Crippen molar-refractivity contribution in [2.45, 2.75) is 70.9 Å². The Balaban J connectivity index is 2.13. The minimum Gasteiger partial charge on any atom is -0.488 e. The SMILES string of the molecule is C[C@H](Oc1ccc(B(O)O)cc1)C(CCc1cccnc1)O[Si](C)(C)C(C)(C)C. The van der Waals surface area contributed by atoms with Gasteiger partial charge in [-0.3, -0.25) is 4.98 Å². The molecule has 2 atom stereocenters. The van der Waals surface area contributed by atoms with E-state index in [0.717, 1.165) is 12.8 Å². The highest BCUT2D eigenvalue weighted by Gasteiger charge is 2.40. The van der Waals surface area contributed by atoms with Gasteiger partial charge in [0.05, 0.1) is 6.10 Å². The fourth-order valence-electron chi connectivity index (χ4n) is 2.81. The summed E-state index contributed by atoms with van der Waals surface area (Å²) in [7, 11) is -3.45. The quantitative estimate of drug-likeness (QED) is 0.613. The molecular weight excluding hydrogens is 381 g/mol. The monoisotopic (exact) mass is 415 g/mol. The Hall–Kier alpha value is -1.67. The standard InChI is InChI=1S/C22H34BNO4Si/c1-17(27-20-12-10-19(11-13-20)23(25)26)21(28-29(5,6)22(2,3)4)14-9-18-8-7-15-24-16-18/h7-8,10-13,15-17,21,25-26H,9,14H2,1-6H3/t17-,21?/m0/s1. The molecule has 0 radical (unpaired) electrons. The first-order valence-corrected chi connectivity index (χ1v) is 13.1. The third-order valence-corrected chi connectivity index (χ3v) is 10.2. The van der Waals surface area contributed by atoms with Crippen molar-refractivity contribution < 1.29 is 19.2 Å². The van der Waals surface area contributed by atoms with Gasteiger partial charge in [0.2, 0.25) is 0 Å². The van der Waals surface area contributed by atoms with Gasteiger partial charge in [-0.05, 0) is 67.1 Å². The van der Waals surface area contributed by atoms with Crippen LogP contribution in [0.5, 0.6) is 5.75 Å². The highest BCUT2D eigenvalue weighted by atomic mass is 28.4. The van der Waals surface area contributed by atoms with E-state index in [1.165, 1.54) is 5.56 Å². The number of aromatic nitrogens is 1. The number of benzene rings is 1. The lowest BCUT2D eigenvalue weighted by atomic mass is 9.80. The summed E-state index contributed by atoms with van der Waals surface area (Å²) >= 11 is 0. The van der Waals surface area contributed by atoms with E-state index in [9.17, 15) is 10.0 Å². The number of pyridine rings is 1. The summed E-state index contributed by atoms with van der Waals surface area (Å²) in [5, 5.41) is 18.6. The van der Waals surface area contributed by atoms with Crippen LogP contribution in [-0.4, -0.2) is 42.7 Å². The summed E-state index contributed by atoms with van der Waals surface area (Å²) in [5.74, 6) is 0.687. The molecule has 0 saturated heterocycles. The first-order valence-electron chi connectivity index (χ1n) is 10.2. The summed E-state index contributed by atoms with van der Waals surface area (Å²) in [6, 6.07) is 10.9. The van der Waals surface area contributed by atoms with Crippen LogP contribution in [0.2, 0.25) is 18.1 Å². The highest BCUT2D eigenvalue weighted by Crippen LogP contribution is 2.38. The average molecular weight is 415 g/mol. The molecule has 1 aromatic carbocycles. The summed E-state index contributed by atoms with van der Waals surface area (Å²) in [6.45, 7) is 13.3. The third kappa shape index (κ3) is 6.96. The van der Waals surface area contributed by atoms with Crippen molar-refractivity contribution in [3.63, 3.8) is 0 Å². The fraction of sp³-hybridized carbons (Fsp3) is 0.500. The lowest BCUT2D eigenvalue weighted by Gasteiger charge is -2.41. The van der Waals surface area contributed by atoms with Gasteiger partial charge in [0, 0.05) is 12.4 Å². The van der Waals surface area contributed by atoms with Crippen molar-refractivity contribution >= 4 is 20.9 Å². The van der Waals surface area contributed by atoms with Crippen LogP contribution >= 0.6 is 0 Å². The molecule has 0 amide bonds. The molecular formula is C22H34BNO4Si. The Kier molecular flexibility index (Phi) is 8.05. The van der Waals surface area contributed by atoms with E-state index in [1.807, 2.05) is 19.2 Å². The van der Waals surface area contributed by atoms with E-state index in [-0.39, 0.29) is 17.2 Å². The number of ether oxygens (including phenoxy) is 1. The molecule has 5 nitrogen and oxygen atoms in total. The topological polar surface area (TPSA) is 71.8 Å². The van der Waals surface area contributed by atoms with Crippen LogP contribution in [0.25, 0.3) is 0 Å². The van der Waals surface area contributed by atoms with Gasteiger partial charge in [-0.25, -0.2) is 0 Å². The van der Waals surface area contributed by atoms with E-state index in [0.29, 0.717) is 11.2 Å². The highest BCUT2D eigenvalue weighted by molar-refractivity contribution is 6.74. The molecule has 0 aliphatic rings. The maximum atomic E-state index is 9.26. The van der Waals surface area contributed by atoms with Crippen LogP contribution in [0.1, 0.15) is 39.7 Å². The molecule has 0 spiro atoms. The zero-order chi connectivity index (χ0) is 21.7. The molecule has 2 rings (SSSR count). The van der Waals surface area contributed by atoms with E-state index >= 15 is 0 Å². The Bertz CT molecular complexity index is 748. The second kappa shape index (κ2) is 9.89. The molecule has 29 heavy (non-hydrogen) atoms. The Morgan fingerprint density at radius 1 is 1.10 bits per heavy atom. The van der Waals surface area contributed by atoms with Crippen LogP contribution in [0.4, 0.5) is 0 Å². The normalized spacial score (nSPS) is 14.3. The van der Waals surface area contributed by atoms with Gasteiger partial charge in [-0.1, -0.05) is 39.0 Å². The molecule has 0 aliphatic carbocycles. The first kappa shape index (κ1) is 23.6. The molecule has 0 aliphatic heterocycles. The molecule has 2 aromatic rings. The second-order valence-electron chi connectivity index (χ2n) is 9.08. The lowest BCUT2D eigenvalue weighted by Crippen LogP contribution is -2.47. The second-order valence-corrected chi connectivity index (χ2v) is 13.8. The van der Waals surface area contributed by atoms with Crippen LogP contribution < -0.4 is 10.2 Å². The number of rotatable bonds is 9. The summed E-state index contributed by atoms with van der Waals surface area (Å²) in [6.07, 6.45) is 5.19. The largest absolute Gasteiger partial charge is 0.488 e. The number of nitrogens with zero attached hydrogens (tertiary/aromatic N) is 1.